The van der Waals surface area contributed by atoms with Gasteiger partial charge in [-0.15, -0.1) is 0 Å². The molecule has 0 aromatic heterocycles. The van der Waals surface area contributed by atoms with Crippen LogP contribution in [0.5, 0.6) is 0 Å². The van der Waals surface area contributed by atoms with E-state index in [0.717, 1.165) is 64.2 Å². The van der Waals surface area contributed by atoms with Gasteiger partial charge in [-0.2, -0.15) is 0 Å². The summed E-state index contributed by atoms with van der Waals surface area (Å²) < 4.78 is 5.80. The van der Waals surface area contributed by atoms with E-state index in [-0.39, 0.29) is 24.9 Å². The second-order valence-corrected chi connectivity index (χ2v) is 16.5. The summed E-state index contributed by atoms with van der Waals surface area (Å²) >= 11 is 0. The summed E-state index contributed by atoms with van der Waals surface area (Å²) in [6.45, 7) is 6.41. The molecule has 0 rings (SSSR count). The number of rotatable bonds is 43. The zero-order valence-electron chi connectivity index (χ0n) is 37.7. The Kier molecular flexibility index (Phi) is 43.2. The fourth-order valence-electron chi connectivity index (χ4n) is 7.15. The fourth-order valence-corrected chi connectivity index (χ4v) is 7.15. The van der Waals surface area contributed by atoms with Gasteiger partial charge in [-0.05, 0) is 63.9 Å². The summed E-state index contributed by atoms with van der Waals surface area (Å²) in [6, 6.07) is -0.733. The number of ether oxygens (including phenoxy) is 1. The Morgan fingerprint density at radius 3 is 1.47 bits per heavy atom. The van der Waals surface area contributed by atoms with Gasteiger partial charge in [-0.1, -0.05) is 211 Å². The molecule has 57 heavy (non-hydrogen) atoms. The fraction of sp³-hybridized carbons (Fsp3) is 0.804. The number of nitrogens with one attached hydrogen (secondary N) is 1. The number of carbonyl (C=O) groups is 2. The van der Waals surface area contributed by atoms with Gasteiger partial charge >= 0.3 is 5.97 Å². The Morgan fingerprint density at radius 2 is 0.982 bits per heavy atom. The molecule has 0 aromatic carbocycles. The topological polar surface area (TPSA) is 95.9 Å². The van der Waals surface area contributed by atoms with Crippen molar-refractivity contribution in [3.8, 4) is 0 Å². The van der Waals surface area contributed by atoms with Crippen LogP contribution in [-0.2, 0) is 14.3 Å². The van der Waals surface area contributed by atoms with Gasteiger partial charge in [0.25, 0.3) is 0 Å². The van der Waals surface area contributed by atoms with E-state index >= 15 is 0 Å². The predicted molar refractivity (Wildman–Crippen MR) is 245 cm³/mol. The first-order chi connectivity index (χ1) is 28.0. The van der Waals surface area contributed by atoms with Crippen molar-refractivity contribution >= 4 is 11.9 Å². The Morgan fingerprint density at radius 1 is 0.544 bits per heavy atom. The molecule has 3 N–H and O–H groups in total. The van der Waals surface area contributed by atoms with Gasteiger partial charge < -0.3 is 20.3 Å². The molecule has 332 valence electrons. The van der Waals surface area contributed by atoms with Crippen molar-refractivity contribution in [3.63, 3.8) is 0 Å². The molecule has 0 aliphatic heterocycles. The zero-order chi connectivity index (χ0) is 41.7. The van der Waals surface area contributed by atoms with E-state index in [9.17, 15) is 19.8 Å². The van der Waals surface area contributed by atoms with Crippen molar-refractivity contribution in [3.05, 3.63) is 48.6 Å². The number of carbonyl (C=O) groups excluding carboxylic acids is 2. The molecule has 1 amide bonds. The summed E-state index contributed by atoms with van der Waals surface area (Å²) in [5.41, 5.74) is 0. The van der Waals surface area contributed by atoms with Crippen molar-refractivity contribution in [1.82, 2.24) is 5.32 Å². The van der Waals surface area contributed by atoms with Gasteiger partial charge in [0.2, 0.25) is 5.91 Å². The molecule has 0 saturated carbocycles. The van der Waals surface area contributed by atoms with E-state index in [1.807, 2.05) is 12.2 Å². The average Bonchev–Trinajstić information content (AvgIpc) is 3.20. The Bertz CT molecular complexity index is 988. The highest BCUT2D eigenvalue weighted by molar-refractivity contribution is 5.78. The minimum atomic E-state index is -0.811. The molecule has 0 aromatic rings. The molecular weight excluding hydrogens is 707 g/mol. The van der Waals surface area contributed by atoms with Gasteiger partial charge in [0.05, 0.1) is 25.2 Å². The lowest BCUT2D eigenvalue weighted by molar-refractivity contribution is -0.148. The number of hydrogen-bond donors (Lipinski definition) is 3. The van der Waals surface area contributed by atoms with Crippen molar-refractivity contribution in [1.29, 1.82) is 0 Å². The van der Waals surface area contributed by atoms with Crippen LogP contribution >= 0.6 is 0 Å². The highest BCUT2D eigenvalue weighted by Gasteiger charge is 2.23. The van der Waals surface area contributed by atoms with Crippen LogP contribution in [0, 0.1) is 0 Å². The van der Waals surface area contributed by atoms with Crippen LogP contribution in [0.3, 0.4) is 0 Å². The molecule has 3 atom stereocenters. The quantitative estimate of drug-likeness (QED) is 0.0247. The second kappa shape index (κ2) is 44.9. The molecule has 0 radical (unpaired) electrons. The van der Waals surface area contributed by atoms with Crippen molar-refractivity contribution < 1.29 is 24.5 Å². The van der Waals surface area contributed by atoms with Crippen LogP contribution in [0.15, 0.2) is 48.6 Å². The van der Waals surface area contributed by atoms with Crippen molar-refractivity contribution in [2.45, 2.75) is 257 Å². The highest BCUT2D eigenvalue weighted by atomic mass is 16.5. The molecule has 0 aliphatic carbocycles. The lowest BCUT2D eigenvalue weighted by Gasteiger charge is -2.23. The monoisotopic (exact) mass is 800 g/mol. The maximum absolute atomic E-state index is 13.1. The minimum absolute atomic E-state index is 0.0349. The van der Waals surface area contributed by atoms with Gasteiger partial charge in [-0.25, -0.2) is 0 Å². The van der Waals surface area contributed by atoms with Gasteiger partial charge in [0.15, 0.2) is 0 Å². The van der Waals surface area contributed by atoms with E-state index in [0.29, 0.717) is 19.3 Å². The number of esters is 1. The van der Waals surface area contributed by atoms with E-state index < -0.39 is 18.2 Å². The van der Waals surface area contributed by atoms with Crippen molar-refractivity contribution in [2.75, 3.05) is 6.61 Å². The third kappa shape index (κ3) is 40.4. The third-order valence-corrected chi connectivity index (χ3v) is 10.9. The summed E-state index contributed by atoms with van der Waals surface area (Å²) in [6.07, 6.45) is 53.5. The average molecular weight is 800 g/mol. The van der Waals surface area contributed by atoms with Crippen LogP contribution in [-0.4, -0.2) is 46.9 Å². The van der Waals surface area contributed by atoms with Crippen LogP contribution in [0.4, 0.5) is 0 Å². The predicted octanol–water partition coefficient (Wildman–Crippen LogP) is 14.3. The number of aliphatic hydroxyl groups excluding tert-OH is 2. The van der Waals surface area contributed by atoms with Crippen LogP contribution in [0.25, 0.3) is 0 Å². The van der Waals surface area contributed by atoms with Gasteiger partial charge in [-0.3, -0.25) is 9.59 Å². The summed E-state index contributed by atoms with van der Waals surface area (Å²) in [5.74, 6) is -0.620. The third-order valence-electron chi connectivity index (χ3n) is 10.9. The molecule has 0 saturated heterocycles. The Hall–Kier alpha value is -2.18. The first kappa shape index (κ1) is 54.8. The van der Waals surface area contributed by atoms with Crippen LogP contribution < -0.4 is 5.32 Å². The van der Waals surface area contributed by atoms with Crippen molar-refractivity contribution in [2.24, 2.45) is 0 Å². The highest BCUT2D eigenvalue weighted by Crippen LogP contribution is 2.15. The molecule has 6 heteroatoms. The summed E-state index contributed by atoms with van der Waals surface area (Å²) in [5, 5.41) is 23.5. The number of unbranched alkanes of at least 4 members (excludes halogenated alkanes) is 26. The number of allylic oxidation sites excluding steroid dienone is 7. The molecule has 6 nitrogen and oxygen atoms in total. The normalized spacial score (nSPS) is 13.7. The SMILES string of the molecule is CCCCCCCC/C=C\C/C=C/C(CC(=O)NC(CO)C(O)CCCCCCCCCCC)OC(=O)CCCCCCC/C=C/C=C/CCCCCCCCC. The van der Waals surface area contributed by atoms with Crippen LogP contribution in [0.1, 0.15) is 239 Å². The first-order valence-corrected chi connectivity index (χ1v) is 24.4. The molecular formula is C51H93NO5. The van der Waals surface area contributed by atoms with E-state index in [4.69, 9.17) is 4.74 Å². The molecule has 0 fully saturated rings. The van der Waals surface area contributed by atoms with E-state index in [2.05, 4.69) is 62.5 Å². The molecule has 3 unspecified atom stereocenters. The lowest BCUT2D eigenvalue weighted by Crippen LogP contribution is -2.46. The standard InChI is InChI=1S/C51H93NO5/c1-4-7-10-13-16-19-21-22-23-24-25-26-27-29-32-35-38-41-44-51(56)57-47(42-39-36-33-31-28-20-17-14-11-8-5-2)45-50(55)52-48(46-53)49(54)43-40-37-34-30-18-15-12-9-6-3/h23-26,31,33,39,42,47-49,53-54H,4-22,27-30,32,34-38,40-41,43-46H2,1-3H3,(H,52,55)/b24-23+,26-25+,33-31-,42-39+. The Labute approximate surface area is 353 Å². The van der Waals surface area contributed by atoms with Crippen LogP contribution in [0.2, 0.25) is 0 Å². The number of amides is 1. The smallest absolute Gasteiger partial charge is 0.306 e. The molecule has 0 aliphatic rings. The molecule has 0 heterocycles. The van der Waals surface area contributed by atoms with E-state index in [1.165, 1.54) is 128 Å². The van der Waals surface area contributed by atoms with Gasteiger partial charge in [0, 0.05) is 6.42 Å². The van der Waals surface area contributed by atoms with Gasteiger partial charge in [0.1, 0.15) is 6.10 Å². The lowest BCUT2D eigenvalue weighted by atomic mass is 10.0. The molecule has 0 spiro atoms. The second-order valence-electron chi connectivity index (χ2n) is 16.5. The summed E-state index contributed by atoms with van der Waals surface area (Å²) in [4.78, 5) is 25.9. The Balaban J connectivity index is 4.62. The zero-order valence-corrected chi connectivity index (χ0v) is 37.7. The first-order valence-electron chi connectivity index (χ1n) is 24.4. The maximum Gasteiger partial charge on any atom is 0.306 e. The maximum atomic E-state index is 13.1. The van der Waals surface area contributed by atoms with E-state index in [1.54, 1.807) is 0 Å². The number of hydrogen-bond acceptors (Lipinski definition) is 5. The summed E-state index contributed by atoms with van der Waals surface area (Å²) in [7, 11) is 0. The number of aliphatic hydroxyl groups is 2. The molecule has 0 bridgehead atoms. The largest absolute Gasteiger partial charge is 0.458 e. The minimum Gasteiger partial charge on any atom is -0.458 e.